The molecular weight excluding hydrogens is 386 g/mol. The van der Waals surface area contributed by atoms with Gasteiger partial charge in [0.15, 0.2) is 15.8 Å². The van der Waals surface area contributed by atoms with E-state index < -0.39 is 9.84 Å². The van der Waals surface area contributed by atoms with Gasteiger partial charge in [0.25, 0.3) is 0 Å². The summed E-state index contributed by atoms with van der Waals surface area (Å²) in [6, 6.07) is 13.0. The molecule has 0 fully saturated rings. The zero-order chi connectivity index (χ0) is 20.9. The van der Waals surface area contributed by atoms with Gasteiger partial charge in [0.1, 0.15) is 5.65 Å². The van der Waals surface area contributed by atoms with E-state index in [-0.39, 0.29) is 0 Å². The molecule has 0 spiro atoms. The van der Waals surface area contributed by atoms with Gasteiger partial charge in [-0.25, -0.2) is 18.4 Å². The van der Waals surface area contributed by atoms with E-state index >= 15 is 0 Å². The Hall–Kier alpha value is -2.87. The number of hydrogen-bond donors (Lipinski definition) is 2. The molecule has 0 amide bonds. The van der Waals surface area contributed by atoms with Crippen LogP contribution in [0.15, 0.2) is 58.5 Å². The third kappa shape index (κ3) is 5.57. The number of pyridine rings is 1. The molecule has 0 atom stereocenters. The van der Waals surface area contributed by atoms with E-state index in [1.165, 1.54) is 6.26 Å². The number of imidazole rings is 1. The lowest BCUT2D eigenvalue weighted by molar-refractivity contribution is 0.602. The van der Waals surface area contributed by atoms with Crippen molar-refractivity contribution in [3.05, 3.63) is 65.6 Å². The van der Waals surface area contributed by atoms with Gasteiger partial charge in [0, 0.05) is 31.2 Å². The summed E-state index contributed by atoms with van der Waals surface area (Å²) in [7, 11) is -3.16. The summed E-state index contributed by atoms with van der Waals surface area (Å²) in [5.74, 6) is 0.731. The molecule has 0 saturated heterocycles. The van der Waals surface area contributed by atoms with Crippen molar-refractivity contribution in [1.82, 2.24) is 20.0 Å². The fourth-order valence-electron chi connectivity index (χ4n) is 3.01. The van der Waals surface area contributed by atoms with Gasteiger partial charge in [0.05, 0.1) is 17.1 Å². The van der Waals surface area contributed by atoms with Gasteiger partial charge < -0.3 is 15.0 Å². The first kappa shape index (κ1) is 20.9. The first-order chi connectivity index (χ1) is 13.9. The number of aliphatic imine (C=N–C) groups is 1. The summed E-state index contributed by atoms with van der Waals surface area (Å²) >= 11 is 0. The van der Waals surface area contributed by atoms with Crippen molar-refractivity contribution in [3.8, 4) is 0 Å². The highest BCUT2D eigenvalue weighted by atomic mass is 32.2. The molecule has 0 aliphatic heterocycles. The molecule has 0 saturated carbocycles. The maximum Gasteiger partial charge on any atom is 0.191 e. The first-order valence-corrected chi connectivity index (χ1v) is 11.5. The van der Waals surface area contributed by atoms with Gasteiger partial charge in [-0.05, 0) is 50.1 Å². The molecule has 0 unspecified atom stereocenters. The number of guanidine groups is 1. The van der Waals surface area contributed by atoms with Gasteiger partial charge in [-0.2, -0.15) is 0 Å². The van der Waals surface area contributed by atoms with Crippen LogP contribution in [0.2, 0.25) is 0 Å². The lowest BCUT2D eigenvalue weighted by atomic mass is 10.1. The lowest BCUT2D eigenvalue weighted by Crippen LogP contribution is -2.38. The van der Waals surface area contributed by atoms with Crippen molar-refractivity contribution in [2.24, 2.45) is 4.99 Å². The Morgan fingerprint density at radius 1 is 1.14 bits per heavy atom. The number of aryl methyl sites for hydroxylation is 1. The number of fused-ring (bicyclic) bond motifs is 1. The maximum absolute atomic E-state index is 11.5. The molecule has 0 bridgehead atoms. The van der Waals surface area contributed by atoms with Gasteiger partial charge in [-0.1, -0.05) is 18.2 Å². The Balaban J connectivity index is 1.59. The van der Waals surface area contributed by atoms with Gasteiger partial charge in [0.2, 0.25) is 0 Å². The molecule has 0 aliphatic carbocycles. The summed E-state index contributed by atoms with van der Waals surface area (Å²) in [4.78, 5) is 9.58. The van der Waals surface area contributed by atoms with Crippen molar-refractivity contribution in [1.29, 1.82) is 0 Å². The number of nitrogens with zero attached hydrogens (tertiary/aromatic N) is 3. The number of hydrogen-bond acceptors (Lipinski definition) is 4. The Morgan fingerprint density at radius 3 is 2.55 bits per heavy atom. The van der Waals surface area contributed by atoms with Crippen molar-refractivity contribution in [2.75, 3.05) is 19.3 Å². The minimum atomic E-state index is -3.16. The summed E-state index contributed by atoms with van der Waals surface area (Å²) in [5.41, 5.74) is 4.03. The zero-order valence-corrected chi connectivity index (χ0v) is 17.8. The number of sulfone groups is 1. The third-order valence-electron chi connectivity index (χ3n) is 4.55. The molecule has 3 aromatic rings. The fraction of sp³-hybridized carbons (Fsp3) is 0.333. The highest BCUT2D eigenvalue weighted by Gasteiger charge is 2.07. The van der Waals surface area contributed by atoms with Crippen LogP contribution in [0.5, 0.6) is 0 Å². The predicted octanol–water partition coefficient (Wildman–Crippen LogP) is 2.34. The zero-order valence-electron chi connectivity index (χ0n) is 17.0. The molecule has 7 nitrogen and oxygen atoms in total. The number of nitrogens with one attached hydrogen (secondary N) is 2. The topological polar surface area (TPSA) is 87.9 Å². The van der Waals surface area contributed by atoms with Gasteiger partial charge >= 0.3 is 0 Å². The molecule has 29 heavy (non-hydrogen) atoms. The maximum atomic E-state index is 11.5. The molecule has 2 aromatic heterocycles. The number of aromatic nitrogens is 2. The summed E-state index contributed by atoms with van der Waals surface area (Å²) in [5, 5.41) is 6.55. The Bertz CT molecular complexity index is 1100. The average molecular weight is 414 g/mol. The second kappa shape index (κ2) is 9.09. The van der Waals surface area contributed by atoms with Gasteiger partial charge in [-0.15, -0.1) is 0 Å². The Labute approximate surface area is 171 Å². The SMILES string of the molecule is CCNC(=NCc1cn2c(C)cccc2n1)NCCc1ccc(S(C)(=O)=O)cc1. The smallest absolute Gasteiger partial charge is 0.191 e. The second-order valence-electron chi connectivity index (χ2n) is 6.92. The molecule has 8 heteroatoms. The highest BCUT2D eigenvalue weighted by molar-refractivity contribution is 7.90. The van der Waals surface area contributed by atoms with Crippen LogP contribution < -0.4 is 10.6 Å². The summed E-state index contributed by atoms with van der Waals surface area (Å²) in [6.45, 7) is 6.01. The number of rotatable bonds is 7. The van der Waals surface area contributed by atoms with E-state index in [0.717, 1.165) is 41.5 Å². The van der Waals surface area contributed by atoms with E-state index in [4.69, 9.17) is 0 Å². The predicted molar refractivity (Wildman–Crippen MR) is 116 cm³/mol. The molecule has 2 N–H and O–H groups in total. The van der Waals surface area contributed by atoms with Crippen LogP contribution in [-0.2, 0) is 22.8 Å². The minimum absolute atomic E-state index is 0.340. The largest absolute Gasteiger partial charge is 0.357 e. The van der Waals surface area contributed by atoms with Crippen LogP contribution >= 0.6 is 0 Å². The monoisotopic (exact) mass is 413 g/mol. The Morgan fingerprint density at radius 2 is 1.90 bits per heavy atom. The molecule has 2 heterocycles. The fourth-order valence-corrected chi connectivity index (χ4v) is 3.64. The summed E-state index contributed by atoms with van der Waals surface area (Å²) in [6.07, 6.45) is 4.00. The third-order valence-corrected chi connectivity index (χ3v) is 5.68. The Kier molecular flexibility index (Phi) is 6.53. The molecule has 0 radical (unpaired) electrons. The van der Waals surface area contributed by atoms with Crippen molar-refractivity contribution in [2.45, 2.75) is 31.7 Å². The molecule has 1 aromatic carbocycles. The van der Waals surface area contributed by atoms with E-state index in [1.54, 1.807) is 12.1 Å². The van der Waals surface area contributed by atoms with E-state index in [0.29, 0.717) is 18.0 Å². The minimum Gasteiger partial charge on any atom is -0.357 e. The van der Waals surface area contributed by atoms with Crippen LogP contribution in [0.25, 0.3) is 5.65 Å². The van der Waals surface area contributed by atoms with Crippen LogP contribution in [-0.4, -0.2) is 43.1 Å². The molecular formula is C21H27N5O2S. The van der Waals surface area contributed by atoms with Crippen LogP contribution in [0.3, 0.4) is 0 Å². The van der Waals surface area contributed by atoms with Crippen molar-refractivity contribution < 1.29 is 8.42 Å². The van der Waals surface area contributed by atoms with E-state index in [2.05, 4.69) is 38.0 Å². The summed E-state index contributed by atoms with van der Waals surface area (Å²) < 4.78 is 25.1. The standard InChI is InChI=1S/C21H27N5O2S/c1-4-22-21(23-13-12-17-8-10-19(11-9-17)29(3,27)28)24-14-18-15-26-16(2)6-5-7-20(26)25-18/h5-11,15H,4,12-14H2,1-3H3,(H2,22,23,24). The van der Waals surface area contributed by atoms with Crippen LogP contribution in [0.4, 0.5) is 0 Å². The van der Waals surface area contributed by atoms with Crippen molar-refractivity contribution in [3.63, 3.8) is 0 Å². The quantitative estimate of drug-likeness (QED) is 0.459. The molecule has 154 valence electrons. The van der Waals surface area contributed by atoms with Crippen molar-refractivity contribution >= 4 is 21.4 Å². The second-order valence-corrected chi connectivity index (χ2v) is 8.93. The first-order valence-electron chi connectivity index (χ1n) is 9.61. The normalized spacial score (nSPS) is 12.3. The van der Waals surface area contributed by atoms with E-state index in [1.807, 2.05) is 37.4 Å². The number of benzene rings is 1. The van der Waals surface area contributed by atoms with E-state index in [9.17, 15) is 8.42 Å². The molecule has 0 aliphatic rings. The van der Waals surface area contributed by atoms with Gasteiger partial charge in [-0.3, -0.25) is 0 Å². The van der Waals surface area contributed by atoms with Crippen LogP contribution in [0.1, 0.15) is 23.9 Å². The van der Waals surface area contributed by atoms with Crippen LogP contribution in [0, 0.1) is 6.92 Å². The highest BCUT2D eigenvalue weighted by Crippen LogP contribution is 2.11. The molecule has 3 rings (SSSR count). The lowest BCUT2D eigenvalue weighted by Gasteiger charge is -2.11. The average Bonchev–Trinajstić information content (AvgIpc) is 3.10.